The van der Waals surface area contributed by atoms with Crippen molar-refractivity contribution in [3.8, 4) is 0 Å². The molecule has 17 heavy (non-hydrogen) atoms. The van der Waals surface area contributed by atoms with Crippen molar-refractivity contribution in [3.05, 3.63) is 29.8 Å². The van der Waals surface area contributed by atoms with E-state index in [1.807, 2.05) is 0 Å². The van der Waals surface area contributed by atoms with Crippen molar-refractivity contribution in [1.29, 1.82) is 0 Å². The lowest BCUT2D eigenvalue weighted by Crippen LogP contribution is -2.34. The van der Waals surface area contributed by atoms with Gasteiger partial charge in [0.1, 0.15) is 0 Å². The van der Waals surface area contributed by atoms with Gasteiger partial charge >= 0.3 is 6.18 Å². The first kappa shape index (κ1) is 12.3. The third-order valence-electron chi connectivity index (χ3n) is 3.22. The van der Waals surface area contributed by atoms with Gasteiger partial charge in [-0.05, 0) is 43.0 Å². The number of nitrogens with zero attached hydrogens (tertiary/aromatic N) is 1. The van der Waals surface area contributed by atoms with E-state index in [1.165, 1.54) is 6.42 Å². The molecular weight excluding hydrogens is 227 g/mol. The van der Waals surface area contributed by atoms with Gasteiger partial charge in [-0.2, -0.15) is 13.2 Å². The zero-order valence-electron chi connectivity index (χ0n) is 9.80. The van der Waals surface area contributed by atoms with Crippen LogP contribution < -0.4 is 4.90 Å². The lowest BCUT2D eigenvalue weighted by Gasteiger charge is -2.32. The molecule has 0 aliphatic carbocycles. The number of piperidine rings is 1. The topological polar surface area (TPSA) is 3.24 Å². The molecule has 0 bridgehead atoms. The highest BCUT2D eigenvalue weighted by atomic mass is 19.4. The number of hydrogen-bond donors (Lipinski definition) is 0. The largest absolute Gasteiger partial charge is 0.416 e. The second-order valence-corrected chi connectivity index (χ2v) is 4.74. The third kappa shape index (κ3) is 2.93. The summed E-state index contributed by atoms with van der Waals surface area (Å²) in [4.78, 5) is 2.16. The standard InChI is InChI=1S/C13H16F3N/c1-10-3-2-8-17(9-10)12-6-4-11(5-7-12)13(14,15)16/h4-7,10H,2-3,8-9H2,1H3. The Bertz CT molecular complexity index is 369. The van der Waals surface area contributed by atoms with Crippen molar-refractivity contribution in [2.45, 2.75) is 25.9 Å². The predicted molar refractivity (Wildman–Crippen MR) is 62.1 cm³/mol. The Morgan fingerprint density at radius 1 is 1.18 bits per heavy atom. The van der Waals surface area contributed by atoms with Crippen LogP contribution in [0.2, 0.25) is 0 Å². The Morgan fingerprint density at radius 3 is 2.35 bits per heavy atom. The van der Waals surface area contributed by atoms with Crippen molar-refractivity contribution < 1.29 is 13.2 Å². The summed E-state index contributed by atoms with van der Waals surface area (Å²) >= 11 is 0. The Balaban J connectivity index is 2.12. The molecule has 1 heterocycles. The molecule has 1 aromatic rings. The molecule has 1 aromatic carbocycles. The summed E-state index contributed by atoms with van der Waals surface area (Å²) in [7, 11) is 0. The zero-order valence-corrected chi connectivity index (χ0v) is 9.80. The van der Waals surface area contributed by atoms with E-state index in [-0.39, 0.29) is 0 Å². The van der Waals surface area contributed by atoms with E-state index in [9.17, 15) is 13.2 Å². The van der Waals surface area contributed by atoms with Gasteiger partial charge in [0.15, 0.2) is 0 Å². The van der Waals surface area contributed by atoms with Crippen LogP contribution in [0.4, 0.5) is 18.9 Å². The van der Waals surface area contributed by atoms with Gasteiger partial charge in [-0.15, -0.1) is 0 Å². The van der Waals surface area contributed by atoms with Gasteiger partial charge in [0, 0.05) is 18.8 Å². The summed E-state index contributed by atoms with van der Waals surface area (Å²) in [6.07, 6.45) is -1.92. The lowest BCUT2D eigenvalue weighted by molar-refractivity contribution is -0.137. The van der Waals surface area contributed by atoms with E-state index in [0.717, 1.165) is 37.3 Å². The highest BCUT2D eigenvalue weighted by Crippen LogP contribution is 2.31. The van der Waals surface area contributed by atoms with Crippen LogP contribution in [0.1, 0.15) is 25.3 Å². The van der Waals surface area contributed by atoms with Crippen molar-refractivity contribution >= 4 is 5.69 Å². The molecule has 1 aliphatic rings. The molecular formula is C13H16F3N. The molecule has 94 valence electrons. The van der Waals surface area contributed by atoms with Gasteiger partial charge in [0.05, 0.1) is 5.56 Å². The van der Waals surface area contributed by atoms with Crippen LogP contribution in [0.5, 0.6) is 0 Å². The molecule has 0 radical (unpaired) electrons. The van der Waals surface area contributed by atoms with E-state index >= 15 is 0 Å². The van der Waals surface area contributed by atoms with Crippen LogP contribution in [-0.4, -0.2) is 13.1 Å². The summed E-state index contributed by atoms with van der Waals surface area (Å²) in [5.41, 5.74) is 0.316. The molecule has 1 nitrogen and oxygen atoms in total. The molecule has 1 saturated heterocycles. The van der Waals surface area contributed by atoms with Crippen molar-refractivity contribution in [2.24, 2.45) is 5.92 Å². The van der Waals surface area contributed by atoms with E-state index in [4.69, 9.17) is 0 Å². The summed E-state index contributed by atoms with van der Waals surface area (Å²) in [5, 5.41) is 0. The Labute approximate surface area is 99.2 Å². The Kier molecular flexibility index (Phi) is 3.31. The van der Waals surface area contributed by atoms with Crippen LogP contribution in [0.15, 0.2) is 24.3 Å². The van der Waals surface area contributed by atoms with Crippen LogP contribution in [-0.2, 0) is 6.18 Å². The number of benzene rings is 1. The van der Waals surface area contributed by atoms with Crippen LogP contribution in [0, 0.1) is 5.92 Å². The Morgan fingerprint density at radius 2 is 1.82 bits per heavy atom. The molecule has 0 saturated carbocycles. The molecule has 1 unspecified atom stereocenters. The minimum atomic E-state index is -4.24. The average Bonchev–Trinajstić information content (AvgIpc) is 2.28. The Hall–Kier alpha value is -1.19. The van der Waals surface area contributed by atoms with E-state index < -0.39 is 11.7 Å². The first-order valence-corrected chi connectivity index (χ1v) is 5.89. The molecule has 0 amide bonds. The normalized spacial score (nSPS) is 21.6. The maximum atomic E-state index is 12.4. The quantitative estimate of drug-likeness (QED) is 0.722. The van der Waals surface area contributed by atoms with E-state index in [1.54, 1.807) is 12.1 Å². The minimum Gasteiger partial charge on any atom is -0.371 e. The zero-order chi connectivity index (χ0) is 12.5. The predicted octanol–water partition coefficient (Wildman–Crippen LogP) is 3.94. The number of hydrogen-bond acceptors (Lipinski definition) is 1. The molecule has 0 N–H and O–H groups in total. The maximum Gasteiger partial charge on any atom is 0.416 e. The van der Waals surface area contributed by atoms with Gasteiger partial charge in [-0.25, -0.2) is 0 Å². The first-order valence-electron chi connectivity index (χ1n) is 5.89. The highest BCUT2D eigenvalue weighted by molar-refractivity contribution is 5.48. The second kappa shape index (κ2) is 4.59. The van der Waals surface area contributed by atoms with E-state index in [2.05, 4.69) is 11.8 Å². The van der Waals surface area contributed by atoms with Gasteiger partial charge in [0.2, 0.25) is 0 Å². The van der Waals surface area contributed by atoms with Gasteiger partial charge in [0.25, 0.3) is 0 Å². The molecule has 2 rings (SSSR count). The fourth-order valence-electron chi connectivity index (χ4n) is 2.29. The molecule has 1 aliphatic heterocycles. The monoisotopic (exact) mass is 243 g/mol. The van der Waals surface area contributed by atoms with Crippen LogP contribution >= 0.6 is 0 Å². The van der Waals surface area contributed by atoms with Gasteiger partial charge in [-0.3, -0.25) is 0 Å². The summed E-state index contributed by atoms with van der Waals surface area (Å²) < 4.78 is 37.2. The summed E-state index contributed by atoms with van der Waals surface area (Å²) in [6, 6.07) is 5.46. The molecule has 0 spiro atoms. The maximum absolute atomic E-state index is 12.4. The minimum absolute atomic E-state index is 0.577. The summed E-state index contributed by atoms with van der Waals surface area (Å²) in [5.74, 6) is 0.617. The number of anilines is 1. The van der Waals surface area contributed by atoms with E-state index in [0.29, 0.717) is 5.92 Å². The average molecular weight is 243 g/mol. The van der Waals surface area contributed by atoms with Gasteiger partial charge < -0.3 is 4.90 Å². The second-order valence-electron chi connectivity index (χ2n) is 4.74. The van der Waals surface area contributed by atoms with Crippen LogP contribution in [0.25, 0.3) is 0 Å². The number of halogens is 3. The number of alkyl halides is 3. The highest BCUT2D eigenvalue weighted by Gasteiger charge is 2.30. The SMILES string of the molecule is CC1CCCN(c2ccc(C(F)(F)F)cc2)C1. The van der Waals surface area contributed by atoms with Crippen LogP contribution in [0.3, 0.4) is 0 Å². The number of rotatable bonds is 1. The fraction of sp³-hybridized carbons (Fsp3) is 0.538. The smallest absolute Gasteiger partial charge is 0.371 e. The van der Waals surface area contributed by atoms with Crippen molar-refractivity contribution in [2.75, 3.05) is 18.0 Å². The first-order chi connectivity index (χ1) is 7.97. The lowest BCUT2D eigenvalue weighted by atomic mass is 9.99. The van der Waals surface area contributed by atoms with Gasteiger partial charge in [-0.1, -0.05) is 6.92 Å². The molecule has 4 heteroatoms. The van der Waals surface area contributed by atoms with Crippen molar-refractivity contribution in [1.82, 2.24) is 0 Å². The fourth-order valence-corrected chi connectivity index (χ4v) is 2.29. The summed E-state index contributed by atoms with van der Waals surface area (Å²) in [6.45, 7) is 4.05. The molecule has 1 fully saturated rings. The molecule has 0 aromatic heterocycles. The van der Waals surface area contributed by atoms with Crippen molar-refractivity contribution in [3.63, 3.8) is 0 Å². The molecule has 1 atom stereocenters. The third-order valence-corrected chi connectivity index (χ3v) is 3.22.